The predicted octanol–water partition coefficient (Wildman–Crippen LogP) is 10.7. The topological polar surface area (TPSA) is 307 Å². The van der Waals surface area contributed by atoms with Crippen LogP contribution >= 0.6 is 0 Å². The third-order valence-corrected chi connectivity index (χ3v) is 18.3. The molecule has 17 unspecified atom stereocenters. The van der Waals surface area contributed by atoms with Gasteiger partial charge in [-0.2, -0.15) is 0 Å². The quantitative estimate of drug-likeness (QED) is 0.0199. The van der Waals surface area contributed by atoms with Crippen molar-refractivity contribution in [2.45, 2.75) is 375 Å². The van der Waals surface area contributed by atoms with Crippen LogP contribution in [0.15, 0.2) is 60.8 Å². The summed E-state index contributed by atoms with van der Waals surface area (Å²) in [5, 5.41) is 121. The molecule has 3 rings (SSSR count). The van der Waals surface area contributed by atoms with Gasteiger partial charge in [0, 0.05) is 6.42 Å². The van der Waals surface area contributed by atoms with Crippen LogP contribution in [0.2, 0.25) is 0 Å². The molecule has 0 bridgehead atoms. The summed E-state index contributed by atoms with van der Waals surface area (Å²) in [6, 6.07) is -1.00. The van der Waals surface area contributed by atoms with Crippen molar-refractivity contribution in [3.05, 3.63) is 60.8 Å². The lowest BCUT2D eigenvalue weighted by molar-refractivity contribution is -0.379. The second kappa shape index (κ2) is 55.4. The fourth-order valence-electron chi connectivity index (χ4n) is 12.3. The Labute approximate surface area is 560 Å². The van der Waals surface area contributed by atoms with Crippen molar-refractivity contribution in [1.29, 1.82) is 0 Å². The highest BCUT2D eigenvalue weighted by molar-refractivity contribution is 5.76. The molecule has 3 saturated heterocycles. The van der Waals surface area contributed by atoms with Crippen LogP contribution in [0.5, 0.6) is 0 Å². The summed E-state index contributed by atoms with van der Waals surface area (Å²) in [5.41, 5.74) is 0. The summed E-state index contributed by atoms with van der Waals surface area (Å²) in [7, 11) is 0. The molecule has 0 saturated carbocycles. The van der Waals surface area contributed by atoms with Gasteiger partial charge in [0.25, 0.3) is 0 Å². The van der Waals surface area contributed by atoms with Crippen LogP contribution < -0.4 is 5.32 Å². The van der Waals surface area contributed by atoms with E-state index in [-0.39, 0.29) is 18.9 Å². The molecule has 0 aromatic heterocycles. The molecular formula is C74H133NO18. The Hall–Kier alpha value is -2.51. The normalized spacial score (nSPS) is 27.9. The number of nitrogens with one attached hydrogen (secondary N) is 1. The number of carbonyl (C=O) groups excluding carboxylic acids is 1. The van der Waals surface area contributed by atoms with Gasteiger partial charge in [-0.05, 0) is 77.0 Å². The number of unbranched alkanes of at least 4 members (excludes halogenated alkanes) is 33. The number of carbonyl (C=O) groups is 1. The number of amides is 1. The minimum absolute atomic E-state index is 0.225. The van der Waals surface area contributed by atoms with Crippen molar-refractivity contribution in [2.24, 2.45) is 0 Å². The van der Waals surface area contributed by atoms with Gasteiger partial charge in [0.1, 0.15) is 73.2 Å². The van der Waals surface area contributed by atoms with E-state index in [1.807, 2.05) is 6.08 Å². The first kappa shape index (κ1) is 84.7. The molecule has 542 valence electrons. The zero-order valence-corrected chi connectivity index (χ0v) is 57.5. The molecular weight excluding hydrogens is 1190 g/mol. The second-order valence-electron chi connectivity index (χ2n) is 26.4. The number of hydrogen-bond acceptors (Lipinski definition) is 18. The SMILES string of the molecule is CCCCCCC/C=C\C/C=C\CCCCCCCCCCCC(=O)NC(COC1OC(CO)C(OC2OC(CO)C(OC3OC(CO)C(O)C(O)C3O)C(O)C2O)C(O)C1O)C(O)/C=C/CC/C=C/CC/C=C/CCCCCCCCCCCCCCCCCCC. The zero-order chi connectivity index (χ0) is 67.5. The summed E-state index contributed by atoms with van der Waals surface area (Å²) >= 11 is 0. The first-order valence-corrected chi connectivity index (χ1v) is 37.0. The molecule has 3 fully saturated rings. The third-order valence-electron chi connectivity index (χ3n) is 18.3. The van der Waals surface area contributed by atoms with Crippen LogP contribution in [0, 0.1) is 0 Å². The van der Waals surface area contributed by atoms with E-state index in [9.17, 15) is 61.0 Å². The molecule has 19 heteroatoms. The largest absolute Gasteiger partial charge is 0.394 e. The van der Waals surface area contributed by atoms with Gasteiger partial charge in [0.2, 0.25) is 5.91 Å². The Morgan fingerprint density at radius 3 is 1.14 bits per heavy atom. The van der Waals surface area contributed by atoms with Crippen LogP contribution in [-0.4, -0.2) is 193 Å². The summed E-state index contributed by atoms with van der Waals surface area (Å²) in [6.45, 7) is 1.71. The number of aliphatic hydroxyl groups is 11. The highest BCUT2D eigenvalue weighted by Crippen LogP contribution is 2.33. The molecule has 0 spiro atoms. The first-order valence-electron chi connectivity index (χ1n) is 37.0. The average Bonchev–Trinajstić information content (AvgIpc) is 1.48. The van der Waals surface area contributed by atoms with E-state index in [1.54, 1.807) is 6.08 Å². The van der Waals surface area contributed by atoms with Gasteiger partial charge >= 0.3 is 0 Å². The van der Waals surface area contributed by atoms with Gasteiger partial charge in [-0.25, -0.2) is 0 Å². The van der Waals surface area contributed by atoms with Gasteiger partial charge in [-0.1, -0.05) is 248 Å². The van der Waals surface area contributed by atoms with Crippen molar-refractivity contribution < 1.29 is 89.4 Å². The molecule has 19 nitrogen and oxygen atoms in total. The lowest BCUT2D eigenvalue weighted by Crippen LogP contribution is -2.66. The van der Waals surface area contributed by atoms with Crippen LogP contribution in [0.4, 0.5) is 0 Å². The Morgan fingerprint density at radius 2 is 0.720 bits per heavy atom. The molecule has 3 heterocycles. The fourth-order valence-corrected chi connectivity index (χ4v) is 12.3. The summed E-state index contributed by atoms with van der Waals surface area (Å²) < 4.78 is 34.4. The smallest absolute Gasteiger partial charge is 0.220 e. The van der Waals surface area contributed by atoms with E-state index in [0.717, 1.165) is 64.2 Å². The van der Waals surface area contributed by atoms with E-state index < -0.39 is 124 Å². The zero-order valence-electron chi connectivity index (χ0n) is 57.5. The minimum atomic E-state index is -1.99. The summed E-state index contributed by atoms with van der Waals surface area (Å²) in [5.74, 6) is -0.293. The minimum Gasteiger partial charge on any atom is -0.394 e. The summed E-state index contributed by atoms with van der Waals surface area (Å²) in [4.78, 5) is 13.4. The molecule has 3 aliphatic heterocycles. The van der Waals surface area contributed by atoms with E-state index in [2.05, 4.69) is 67.8 Å². The van der Waals surface area contributed by atoms with Gasteiger partial charge in [-0.15, -0.1) is 0 Å². The molecule has 0 aliphatic carbocycles. The van der Waals surface area contributed by atoms with E-state index in [4.69, 9.17) is 28.4 Å². The van der Waals surface area contributed by atoms with Crippen molar-refractivity contribution in [3.63, 3.8) is 0 Å². The van der Waals surface area contributed by atoms with Crippen molar-refractivity contribution in [3.8, 4) is 0 Å². The maximum absolute atomic E-state index is 13.4. The lowest BCUT2D eigenvalue weighted by atomic mass is 9.96. The molecule has 0 aromatic carbocycles. The van der Waals surface area contributed by atoms with Crippen LogP contribution in [0.3, 0.4) is 0 Å². The number of hydrogen-bond donors (Lipinski definition) is 12. The van der Waals surface area contributed by atoms with Gasteiger partial charge in [-0.3, -0.25) is 4.79 Å². The Morgan fingerprint density at radius 1 is 0.387 bits per heavy atom. The van der Waals surface area contributed by atoms with E-state index >= 15 is 0 Å². The number of rotatable bonds is 57. The van der Waals surface area contributed by atoms with Gasteiger partial charge in [0.05, 0.1) is 38.6 Å². The Kier molecular flexibility index (Phi) is 50.4. The van der Waals surface area contributed by atoms with Crippen molar-refractivity contribution >= 4 is 5.91 Å². The highest BCUT2D eigenvalue weighted by Gasteiger charge is 2.53. The number of aliphatic hydroxyl groups excluding tert-OH is 11. The molecule has 0 aromatic rings. The standard InChI is InChI=1S/C74H133NO18/c1-3-5-7-9-11-13-15-17-19-21-23-25-26-27-28-29-30-32-33-35-37-39-41-43-45-47-49-51-58(79)57(75-62(80)52-50-48-46-44-42-40-38-36-34-31-24-22-20-18-16-14-12-10-8-6-4-2)56-88-72-68(86)65(83)70(60(54-77)90-72)93-74-69(87)66(84)71(61(55-78)91-74)92-73-67(85)64(82)63(81)59(53-76)89-73/h16,18,22,24,33,35,41,43,49,51,57-61,63-74,76-79,81-87H,3-15,17,19-21,23,25-32,34,36-40,42,44-48,50,52-56H2,1-2H3,(H,75,80)/b18-16-,24-22-,35-33+,43-41+,51-49+. The monoisotopic (exact) mass is 1320 g/mol. The average molecular weight is 1320 g/mol. The predicted molar refractivity (Wildman–Crippen MR) is 365 cm³/mol. The summed E-state index contributed by atoms with van der Waals surface area (Å²) in [6.07, 6.45) is 42.0. The Bertz CT molecular complexity index is 1920. The molecule has 0 radical (unpaired) electrons. The van der Waals surface area contributed by atoms with Crippen LogP contribution in [-0.2, 0) is 33.2 Å². The third kappa shape index (κ3) is 36.8. The maximum Gasteiger partial charge on any atom is 0.220 e. The first-order chi connectivity index (χ1) is 45.3. The van der Waals surface area contributed by atoms with Crippen molar-refractivity contribution in [1.82, 2.24) is 5.32 Å². The number of allylic oxidation sites excluding steroid dienone is 9. The van der Waals surface area contributed by atoms with Gasteiger partial charge in [0.15, 0.2) is 18.9 Å². The molecule has 17 atom stereocenters. The highest BCUT2D eigenvalue weighted by atomic mass is 16.8. The van der Waals surface area contributed by atoms with Crippen molar-refractivity contribution in [2.75, 3.05) is 26.4 Å². The van der Waals surface area contributed by atoms with E-state index in [1.165, 1.54) is 173 Å². The lowest BCUT2D eigenvalue weighted by Gasteiger charge is -2.48. The van der Waals surface area contributed by atoms with E-state index in [0.29, 0.717) is 12.8 Å². The molecule has 3 aliphatic rings. The second-order valence-corrected chi connectivity index (χ2v) is 26.4. The molecule has 1 amide bonds. The maximum atomic E-state index is 13.4. The number of ether oxygens (including phenoxy) is 6. The molecule has 93 heavy (non-hydrogen) atoms. The fraction of sp³-hybridized carbons (Fsp3) is 0.851. The molecule has 12 N–H and O–H groups in total. The van der Waals surface area contributed by atoms with Crippen LogP contribution in [0.25, 0.3) is 0 Å². The van der Waals surface area contributed by atoms with Gasteiger partial charge < -0.3 is 89.9 Å². The van der Waals surface area contributed by atoms with Crippen LogP contribution in [0.1, 0.15) is 271 Å². The Balaban J connectivity index is 1.44.